The minimum absolute atomic E-state index is 0.132. The van der Waals surface area contributed by atoms with Gasteiger partial charge in [0.2, 0.25) is 5.76 Å². The maximum Gasteiger partial charge on any atom is 0.292 e. The molecule has 3 aromatic heterocycles. The largest absolute Gasteiger partial charge is 0.353 e. The van der Waals surface area contributed by atoms with Crippen LogP contribution in [0.1, 0.15) is 16.2 Å². The van der Waals surface area contributed by atoms with Crippen LogP contribution in [0, 0.1) is 6.92 Å². The Bertz CT molecular complexity index is 866. The van der Waals surface area contributed by atoms with Gasteiger partial charge in [0.05, 0.1) is 11.9 Å². The van der Waals surface area contributed by atoms with Crippen LogP contribution in [0.4, 0.5) is 5.82 Å². The zero-order valence-electron chi connectivity index (χ0n) is 13.7. The lowest BCUT2D eigenvalue weighted by atomic mass is 10.3. The number of hydrogen-bond acceptors (Lipinski definition) is 7. The summed E-state index contributed by atoms with van der Waals surface area (Å²) in [5.41, 5.74) is 0.930. The summed E-state index contributed by atoms with van der Waals surface area (Å²) in [5.74, 6) is 1.68. The van der Waals surface area contributed by atoms with Crippen molar-refractivity contribution in [1.29, 1.82) is 0 Å². The molecule has 0 atom stereocenters. The van der Waals surface area contributed by atoms with E-state index in [0.717, 1.165) is 17.3 Å². The Morgan fingerprint density at radius 2 is 1.92 bits per heavy atom. The van der Waals surface area contributed by atoms with Crippen LogP contribution < -0.4 is 4.90 Å². The molecule has 0 radical (unpaired) electrons. The molecule has 1 aliphatic rings. The van der Waals surface area contributed by atoms with Gasteiger partial charge in [0, 0.05) is 44.5 Å². The van der Waals surface area contributed by atoms with Crippen LogP contribution in [0.3, 0.4) is 0 Å². The average Bonchev–Trinajstić information content (AvgIpc) is 3.33. The Hall–Kier alpha value is -3.23. The highest BCUT2D eigenvalue weighted by atomic mass is 16.5. The highest BCUT2D eigenvalue weighted by Crippen LogP contribution is 2.17. The first-order valence-corrected chi connectivity index (χ1v) is 8.00. The van der Waals surface area contributed by atoms with Crippen molar-refractivity contribution in [1.82, 2.24) is 29.8 Å². The van der Waals surface area contributed by atoms with Crippen LogP contribution in [-0.4, -0.2) is 61.9 Å². The fraction of sp³-hybridized carbons (Fsp3) is 0.312. The second-order valence-electron chi connectivity index (χ2n) is 5.79. The number of carbonyl (C=O) groups excluding carboxylic acids is 1. The standard InChI is InChI=1S/C16H17N7O2/c1-12-3-5-23(20-12)15-10-14(17-11-18-15)21-6-8-22(9-7-21)16(24)13-2-4-19-25-13/h2-5,10-11H,6-9H2,1H3. The van der Waals surface area contributed by atoms with E-state index in [2.05, 4.69) is 25.1 Å². The molecule has 0 N–H and O–H groups in total. The van der Waals surface area contributed by atoms with Crippen LogP contribution >= 0.6 is 0 Å². The maximum absolute atomic E-state index is 12.3. The van der Waals surface area contributed by atoms with E-state index in [4.69, 9.17) is 4.52 Å². The summed E-state index contributed by atoms with van der Waals surface area (Å²) >= 11 is 0. The van der Waals surface area contributed by atoms with Crippen LogP contribution in [0.25, 0.3) is 5.82 Å². The number of amides is 1. The van der Waals surface area contributed by atoms with E-state index in [1.54, 1.807) is 15.6 Å². The lowest BCUT2D eigenvalue weighted by Gasteiger charge is -2.34. The molecule has 0 bridgehead atoms. The molecule has 128 valence electrons. The summed E-state index contributed by atoms with van der Waals surface area (Å²) in [4.78, 5) is 24.8. The molecular weight excluding hydrogens is 322 g/mol. The maximum atomic E-state index is 12.3. The molecule has 0 spiro atoms. The lowest BCUT2D eigenvalue weighted by Crippen LogP contribution is -2.49. The smallest absolute Gasteiger partial charge is 0.292 e. The molecule has 1 fully saturated rings. The minimum atomic E-state index is -0.132. The molecule has 0 unspecified atom stereocenters. The predicted octanol–water partition coefficient (Wildman–Crippen LogP) is 0.921. The van der Waals surface area contributed by atoms with Gasteiger partial charge in [-0.15, -0.1) is 0 Å². The van der Waals surface area contributed by atoms with Crippen molar-refractivity contribution < 1.29 is 9.32 Å². The van der Waals surface area contributed by atoms with Crippen LogP contribution in [0.2, 0.25) is 0 Å². The third kappa shape index (κ3) is 3.08. The Balaban J connectivity index is 1.45. The molecule has 3 aromatic rings. The Kier molecular flexibility index (Phi) is 3.88. The molecule has 0 aromatic carbocycles. The van der Waals surface area contributed by atoms with Gasteiger partial charge in [-0.1, -0.05) is 5.16 Å². The summed E-state index contributed by atoms with van der Waals surface area (Å²) in [6.07, 6.45) is 4.88. The number of hydrogen-bond donors (Lipinski definition) is 0. The van der Waals surface area contributed by atoms with Crippen LogP contribution in [-0.2, 0) is 0 Å². The van der Waals surface area contributed by atoms with E-state index in [1.165, 1.54) is 12.5 Å². The van der Waals surface area contributed by atoms with Gasteiger partial charge in [-0.25, -0.2) is 14.6 Å². The fourth-order valence-electron chi connectivity index (χ4n) is 2.80. The number of piperazine rings is 1. The lowest BCUT2D eigenvalue weighted by molar-refractivity contribution is 0.0704. The number of nitrogens with zero attached hydrogens (tertiary/aromatic N) is 7. The second-order valence-corrected chi connectivity index (χ2v) is 5.79. The average molecular weight is 339 g/mol. The normalized spacial score (nSPS) is 14.8. The zero-order valence-corrected chi connectivity index (χ0v) is 13.7. The van der Waals surface area contributed by atoms with Crippen LogP contribution in [0.15, 0.2) is 41.4 Å². The molecule has 0 saturated carbocycles. The summed E-state index contributed by atoms with van der Waals surface area (Å²) in [6.45, 7) is 4.51. The number of rotatable bonds is 3. The third-order valence-corrected chi connectivity index (χ3v) is 4.13. The van der Waals surface area contributed by atoms with E-state index in [9.17, 15) is 4.79 Å². The SMILES string of the molecule is Cc1ccn(-c2cc(N3CCN(C(=O)c4ccno4)CC3)ncn2)n1. The summed E-state index contributed by atoms with van der Waals surface area (Å²) in [7, 11) is 0. The van der Waals surface area contributed by atoms with Gasteiger partial charge >= 0.3 is 0 Å². The zero-order chi connectivity index (χ0) is 17.2. The monoisotopic (exact) mass is 339 g/mol. The molecule has 1 aliphatic heterocycles. The van der Waals surface area contributed by atoms with Crippen molar-refractivity contribution in [3.05, 3.63) is 48.4 Å². The van der Waals surface area contributed by atoms with E-state index < -0.39 is 0 Å². The number of aromatic nitrogens is 5. The third-order valence-electron chi connectivity index (χ3n) is 4.13. The fourth-order valence-corrected chi connectivity index (χ4v) is 2.80. The molecule has 9 heteroatoms. The molecule has 1 amide bonds. The first-order valence-electron chi connectivity index (χ1n) is 8.00. The van der Waals surface area contributed by atoms with Gasteiger partial charge in [0.1, 0.15) is 12.1 Å². The number of anilines is 1. The van der Waals surface area contributed by atoms with Gasteiger partial charge in [-0.05, 0) is 13.0 Å². The Morgan fingerprint density at radius 1 is 1.12 bits per heavy atom. The quantitative estimate of drug-likeness (QED) is 0.700. The Labute approximate surface area is 143 Å². The van der Waals surface area contributed by atoms with Gasteiger partial charge in [0.25, 0.3) is 5.91 Å². The van der Waals surface area contributed by atoms with Crippen molar-refractivity contribution in [3.8, 4) is 5.82 Å². The molecule has 1 saturated heterocycles. The molecule has 4 heterocycles. The van der Waals surface area contributed by atoms with E-state index in [0.29, 0.717) is 26.2 Å². The molecule has 4 rings (SSSR count). The van der Waals surface area contributed by atoms with E-state index in [-0.39, 0.29) is 11.7 Å². The van der Waals surface area contributed by atoms with Crippen molar-refractivity contribution >= 4 is 11.7 Å². The summed E-state index contributed by atoms with van der Waals surface area (Å²) < 4.78 is 6.67. The Morgan fingerprint density at radius 3 is 2.60 bits per heavy atom. The van der Waals surface area contributed by atoms with Crippen molar-refractivity contribution in [2.45, 2.75) is 6.92 Å². The van der Waals surface area contributed by atoms with Crippen molar-refractivity contribution in [2.24, 2.45) is 0 Å². The van der Waals surface area contributed by atoms with Crippen molar-refractivity contribution in [2.75, 3.05) is 31.1 Å². The van der Waals surface area contributed by atoms with Gasteiger partial charge < -0.3 is 14.3 Å². The van der Waals surface area contributed by atoms with Crippen LogP contribution in [0.5, 0.6) is 0 Å². The highest BCUT2D eigenvalue weighted by molar-refractivity contribution is 5.91. The molecule has 25 heavy (non-hydrogen) atoms. The summed E-state index contributed by atoms with van der Waals surface area (Å²) in [5, 5.41) is 7.95. The van der Waals surface area contributed by atoms with Gasteiger partial charge in [0.15, 0.2) is 5.82 Å². The predicted molar refractivity (Wildman–Crippen MR) is 88.5 cm³/mol. The first-order chi connectivity index (χ1) is 12.2. The molecular formula is C16H17N7O2. The summed E-state index contributed by atoms with van der Waals surface area (Å²) in [6, 6.07) is 5.41. The number of aryl methyl sites for hydroxylation is 1. The van der Waals surface area contributed by atoms with E-state index in [1.807, 2.05) is 25.3 Å². The van der Waals surface area contributed by atoms with Crippen molar-refractivity contribution in [3.63, 3.8) is 0 Å². The topological polar surface area (TPSA) is 93.2 Å². The highest BCUT2D eigenvalue weighted by Gasteiger charge is 2.25. The first kappa shape index (κ1) is 15.3. The molecule has 0 aliphatic carbocycles. The minimum Gasteiger partial charge on any atom is -0.353 e. The second kappa shape index (κ2) is 6.34. The van der Waals surface area contributed by atoms with E-state index >= 15 is 0 Å². The van der Waals surface area contributed by atoms with Gasteiger partial charge in [-0.3, -0.25) is 4.79 Å². The van der Waals surface area contributed by atoms with Gasteiger partial charge in [-0.2, -0.15) is 5.10 Å². The molecule has 9 nitrogen and oxygen atoms in total. The number of carbonyl (C=O) groups is 1.